The zero-order chi connectivity index (χ0) is 19.7. The van der Waals surface area contributed by atoms with Crippen molar-refractivity contribution >= 4 is 33.7 Å². The number of hydrogen-bond acceptors (Lipinski definition) is 4. The van der Waals surface area contributed by atoms with Crippen LogP contribution in [-0.4, -0.2) is 27.4 Å². The molecule has 6 heteroatoms. The maximum atomic E-state index is 13.6. The zero-order valence-electron chi connectivity index (χ0n) is 16.3. The first-order chi connectivity index (χ1) is 13.6. The largest absolute Gasteiger partial charge is 0.495 e. The first kappa shape index (κ1) is 18.6. The van der Waals surface area contributed by atoms with Crippen LogP contribution < -0.4 is 10.3 Å². The molecule has 2 aromatic heterocycles. The van der Waals surface area contributed by atoms with Crippen molar-refractivity contribution in [2.45, 2.75) is 31.8 Å². The second-order valence-electron chi connectivity index (χ2n) is 6.81. The number of methoxy groups -OCH3 is 1. The average molecular weight is 394 g/mol. The van der Waals surface area contributed by atoms with E-state index in [9.17, 15) is 4.79 Å². The Morgan fingerprint density at radius 1 is 1.21 bits per heavy atom. The summed E-state index contributed by atoms with van der Waals surface area (Å²) in [6, 6.07) is 13.7. The van der Waals surface area contributed by atoms with Crippen LogP contribution in [0.4, 0.5) is 0 Å². The molecule has 0 unspecified atom stereocenters. The maximum Gasteiger partial charge on any atom is 0.283 e. The Bertz CT molecular complexity index is 1210. The molecule has 28 heavy (non-hydrogen) atoms. The summed E-state index contributed by atoms with van der Waals surface area (Å²) in [4.78, 5) is 21.7. The maximum absolute atomic E-state index is 13.6. The van der Waals surface area contributed by atoms with Crippen molar-refractivity contribution in [2.75, 3.05) is 12.9 Å². The van der Waals surface area contributed by atoms with E-state index in [1.165, 1.54) is 0 Å². The molecule has 144 valence electrons. The number of H-pyrrole nitrogens is 1. The van der Waals surface area contributed by atoms with Gasteiger partial charge < -0.3 is 9.72 Å². The van der Waals surface area contributed by atoms with Crippen molar-refractivity contribution in [2.24, 2.45) is 0 Å². The van der Waals surface area contributed by atoms with Gasteiger partial charge in [0.2, 0.25) is 0 Å². The molecule has 0 amide bonds. The molecule has 4 rings (SSSR count). The lowest BCUT2D eigenvalue weighted by atomic mass is 10.2. The Morgan fingerprint density at radius 2 is 2.04 bits per heavy atom. The van der Waals surface area contributed by atoms with E-state index in [-0.39, 0.29) is 5.56 Å². The Balaban J connectivity index is 2.04. The normalized spacial score (nSPS) is 11.4. The minimum atomic E-state index is -0.107. The number of fused-ring (bicyclic) bond motifs is 3. The van der Waals surface area contributed by atoms with Crippen LogP contribution in [0.5, 0.6) is 5.75 Å². The number of rotatable bonds is 6. The number of unbranched alkanes of at least 4 members (excludes halogenated alkanes) is 1. The lowest BCUT2D eigenvalue weighted by Crippen LogP contribution is -2.22. The van der Waals surface area contributed by atoms with Crippen LogP contribution >= 0.6 is 11.8 Å². The first-order valence-electron chi connectivity index (χ1n) is 9.45. The quantitative estimate of drug-likeness (QED) is 0.282. The molecule has 0 fully saturated rings. The van der Waals surface area contributed by atoms with Crippen molar-refractivity contribution in [3.05, 3.63) is 58.4 Å². The van der Waals surface area contributed by atoms with Gasteiger partial charge in [-0.25, -0.2) is 9.55 Å². The molecule has 0 radical (unpaired) electrons. The highest BCUT2D eigenvalue weighted by atomic mass is 32.2. The van der Waals surface area contributed by atoms with E-state index in [1.54, 1.807) is 23.4 Å². The van der Waals surface area contributed by atoms with Crippen LogP contribution in [0.3, 0.4) is 0 Å². The van der Waals surface area contributed by atoms with Gasteiger partial charge in [0, 0.05) is 16.7 Å². The Hall–Kier alpha value is -2.73. The standard InChI is InChI=1S/C22H23N3O2S/c1-4-5-12-28-22-24-19-15-8-6-7-9-16(15)23-20(19)21(26)25(22)17-13-14(2)10-11-18(17)27-3/h6-11,13,23H,4-5,12H2,1-3H3. The van der Waals surface area contributed by atoms with E-state index in [2.05, 4.69) is 11.9 Å². The number of aromatic nitrogens is 3. The third-order valence-electron chi connectivity index (χ3n) is 4.80. The number of para-hydroxylation sites is 1. The van der Waals surface area contributed by atoms with E-state index < -0.39 is 0 Å². The van der Waals surface area contributed by atoms with E-state index in [0.29, 0.717) is 16.4 Å². The molecule has 0 aliphatic rings. The number of nitrogens with one attached hydrogen (secondary N) is 1. The molecule has 5 nitrogen and oxygen atoms in total. The van der Waals surface area contributed by atoms with Gasteiger partial charge in [-0.2, -0.15) is 0 Å². The number of aryl methyl sites for hydroxylation is 1. The molecule has 2 aromatic carbocycles. The molecule has 0 saturated heterocycles. The number of nitrogens with zero attached hydrogens (tertiary/aromatic N) is 2. The molecular formula is C22H23N3O2S. The monoisotopic (exact) mass is 393 g/mol. The van der Waals surface area contributed by atoms with Gasteiger partial charge in [-0.3, -0.25) is 4.79 Å². The van der Waals surface area contributed by atoms with Crippen LogP contribution in [0, 0.1) is 6.92 Å². The third-order valence-corrected chi connectivity index (χ3v) is 5.82. The van der Waals surface area contributed by atoms with E-state index in [1.807, 2.05) is 49.4 Å². The molecular weight excluding hydrogens is 370 g/mol. The van der Waals surface area contributed by atoms with Crippen LogP contribution in [0.15, 0.2) is 52.4 Å². The highest BCUT2D eigenvalue weighted by Crippen LogP contribution is 2.30. The summed E-state index contributed by atoms with van der Waals surface area (Å²) in [6.45, 7) is 4.17. The molecule has 0 saturated carbocycles. The number of hydrogen-bond donors (Lipinski definition) is 1. The Morgan fingerprint density at radius 3 is 2.82 bits per heavy atom. The predicted octanol–water partition coefficient (Wildman–Crippen LogP) is 5.08. The van der Waals surface area contributed by atoms with Gasteiger partial charge in [-0.15, -0.1) is 0 Å². The van der Waals surface area contributed by atoms with Crippen LogP contribution in [-0.2, 0) is 0 Å². The second-order valence-corrected chi connectivity index (χ2v) is 7.87. The van der Waals surface area contributed by atoms with Gasteiger partial charge in [0.15, 0.2) is 5.16 Å². The van der Waals surface area contributed by atoms with Crippen molar-refractivity contribution in [3.63, 3.8) is 0 Å². The summed E-state index contributed by atoms with van der Waals surface area (Å²) in [5, 5.41) is 1.66. The van der Waals surface area contributed by atoms with Crippen molar-refractivity contribution in [1.29, 1.82) is 0 Å². The average Bonchev–Trinajstić information content (AvgIpc) is 3.07. The van der Waals surface area contributed by atoms with Gasteiger partial charge in [-0.05, 0) is 37.1 Å². The number of ether oxygens (including phenoxy) is 1. The van der Waals surface area contributed by atoms with Gasteiger partial charge in [0.25, 0.3) is 5.56 Å². The zero-order valence-corrected chi connectivity index (χ0v) is 17.1. The van der Waals surface area contributed by atoms with Crippen LogP contribution in [0.1, 0.15) is 25.3 Å². The fourth-order valence-corrected chi connectivity index (χ4v) is 4.42. The predicted molar refractivity (Wildman–Crippen MR) is 116 cm³/mol. The number of benzene rings is 2. The number of thioether (sulfide) groups is 1. The molecule has 1 N–H and O–H groups in total. The highest BCUT2D eigenvalue weighted by molar-refractivity contribution is 7.99. The van der Waals surface area contributed by atoms with E-state index >= 15 is 0 Å². The second kappa shape index (κ2) is 7.72. The van der Waals surface area contributed by atoms with Gasteiger partial charge >= 0.3 is 0 Å². The van der Waals surface area contributed by atoms with Crippen LogP contribution in [0.25, 0.3) is 27.6 Å². The van der Waals surface area contributed by atoms with Gasteiger partial charge in [0.1, 0.15) is 16.8 Å². The van der Waals surface area contributed by atoms with E-state index in [0.717, 1.165) is 46.3 Å². The minimum absolute atomic E-state index is 0.107. The van der Waals surface area contributed by atoms with Crippen LogP contribution in [0.2, 0.25) is 0 Å². The fourth-order valence-electron chi connectivity index (χ4n) is 3.33. The fraction of sp³-hybridized carbons (Fsp3) is 0.273. The smallest absolute Gasteiger partial charge is 0.283 e. The SMILES string of the molecule is CCCCSc1nc2c([nH]c3ccccc32)c(=O)n1-c1cc(C)ccc1OC. The summed E-state index contributed by atoms with van der Waals surface area (Å²) in [5.41, 5.74) is 3.83. The van der Waals surface area contributed by atoms with Gasteiger partial charge in [-0.1, -0.05) is 49.4 Å². The first-order valence-corrected chi connectivity index (χ1v) is 10.4. The summed E-state index contributed by atoms with van der Waals surface area (Å²) in [5.74, 6) is 1.56. The molecule has 0 bridgehead atoms. The number of aromatic amines is 1. The summed E-state index contributed by atoms with van der Waals surface area (Å²) < 4.78 is 7.24. The Kier molecular flexibility index (Phi) is 5.13. The van der Waals surface area contributed by atoms with Crippen molar-refractivity contribution in [1.82, 2.24) is 14.5 Å². The lowest BCUT2D eigenvalue weighted by molar-refractivity contribution is 0.411. The lowest BCUT2D eigenvalue weighted by Gasteiger charge is -2.15. The highest BCUT2D eigenvalue weighted by Gasteiger charge is 2.19. The molecule has 0 atom stereocenters. The molecule has 0 aliphatic carbocycles. The summed E-state index contributed by atoms with van der Waals surface area (Å²) in [7, 11) is 1.62. The Labute approximate surface area is 167 Å². The topological polar surface area (TPSA) is 59.9 Å². The molecule has 0 aliphatic heterocycles. The van der Waals surface area contributed by atoms with E-state index in [4.69, 9.17) is 9.72 Å². The van der Waals surface area contributed by atoms with Crippen molar-refractivity contribution < 1.29 is 4.74 Å². The third kappa shape index (κ3) is 3.18. The molecule has 2 heterocycles. The minimum Gasteiger partial charge on any atom is -0.495 e. The summed E-state index contributed by atoms with van der Waals surface area (Å²) >= 11 is 1.61. The summed E-state index contributed by atoms with van der Waals surface area (Å²) in [6.07, 6.45) is 2.16. The molecule has 0 spiro atoms. The van der Waals surface area contributed by atoms with Gasteiger partial charge in [0.05, 0.1) is 12.8 Å². The molecule has 4 aromatic rings. The van der Waals surface area contributed by atoms with Crippen molar-refractivity contribution in [3.8, 4) is 11.4 Å².